The van der Waals surface area contributed by atoms with Crippen LogP contribution in [0.1, 0.15) is 26.7 Å². The van der Waals surface area contributed by atoms with E-state index >= 15 is 0 Å². The van der Waals surface area contributed by atoms with Gasteiger partial charge in [-0.25, -0.2) is 0 Å². The predicted molar refractivity (Wildman–Crippen MR) is 64.3 cm³/mol. The van der Waals surface area contributed by atoms with Gasteiger partial charge in [0.1, 0.15) is 0 Å². The molecular weight excluding hydrogens is 207 g/mol. The minimum atomic E-state index is -1.67. The van der Waals surface area contributed by atoms with Crippen molar-refractivity contribution in [2.75, 3.05) is 6.61 Å². The maximum atomic E-state index is 12.0. The molecule has 0 aromatic carbocycles. The van der Waals surface area contributed by atoms with E-state index in [2.05, 4.69) is 13.0 Å². The average molecular weight is 225 g/mol. The first-order chi connectivity index (χ1) is 7.25. The van der Waals surface area contributed by atoms with Crippen LogP contribution in [0.15, 0.2) is 36.5 Å². The van der Waals surface area contributed by atoms with Crippen LogP contribution in [0.2, 0.25) is 0 Å². The molecule has 0 amide bonds. The lowest BCUT2D eigenvalue weighted by Crippen LogP contribution is -2.20. The minimum absolute atomic E-state index is 0.421. The fraction of sp³-hybridized carbons (Fsp3) is 0.500. The van der Waals surface area contributed by atoms with Gasteiger partial charge in [-0.3, -0.25) is 0 Å². The molecule has 0 N–H and O–H groups in total. The molecule has 0 fully saturated rings. The molecule has 1 rings (SSSR count). The van der Waals surface area contributed by atoms with Gasteiger partial charge in [0.25, 0.3) is 0 Å². The number of allylic oxidation sites excluding steroid dienone is 6. The quantitative estimate of drug-likeness (QED) is 0.522. The Morgan fingerprint density at radius 1 is 1.47 bits per heavy atom. The Morgan fingerprint density at radius 3 is 2.80 bits per heavy atom. The van der Waals surface area contributed by atoms with Gasteiger partial charge in [0.15, 0.2) is 0 Å². The topological polar surface area (TPSA) is 26.3 Å². The first kappa shape index (κ1) is 12.4. The van der Waals surface area contributed by atoms with E-state index in [0.29, 0.717) is 6.61 Å². The van der Waals surface area contributed by atoms with E-state index in [4.69, 9.17) is 4.52 Å². The van der Waals surface area contributed by atoms with Crippen LogP contribution in [0.3, 0.4) is 0 Å². The van der Waals surface area contributed by atoms with Gasteiger partial charge in [-0.05, 0) is 30.1 Å². The Labute approximate surface area is 92.6 Å². The van der Waals surface area contributed by atoms with Crippen LogP contribution in [-0.2, 0) is 9.09 Å². The van der Waals surface area contributed by atoms with Gasteiger partial charge in [-0.2, -0.15) is 0 Å². The number of rotatable bonds is 5. The summed E-state index contributed by atoms with van der Waals surface area (Å²) >= 11 is 0. The maximum absolute atomic E-state index is 12.0. The molecule has 1 aliphatic carbocycles. The zero-order valence-corrected chi connectivity index (χ0v) is 10.2. The normalized spacial score (nSPS) is 26.1. The summed E-state index contributed by atoms with van der Waals surface area (Å²) in [5.74, 6) is 0. The van der Waals surface area contributed by atoms with E-state index < -0.39 is 13.2 Å². The van der Waals surface area contributed by atoms with Gasteiger partial charge in [0.05, 0.1) is 6.61 Å². The molecule has 82 valence electrons. The summed E-state index contributed by atoms with van der Waals surface area (Å²) in [6, 6.07) is 0. The molecule has 0 heterocycles. The molecule has 0 saturated carbocycles. The van der Waals surface area contributed by atoms with E-state index in [9.17, 15) is 4.57 Å². The second-order valence-electron chi connectivity index (χ2n) is 3.47. The largest absolute Gasteiger partial charge is 0.523 e. The van der Waals surface area contributed by atoms with Gasteiger partial charge in [-0.1, -0.05) is 31.2 Å². The summed E-state index contributed by atoms with van der Waals surface area (Å²) < 4.78 is 17.3. The molecule has 0 aromatic rings. The molecule has 1 aliphatic rings. The van der Waals surface area contributed by atoms with Gasteiger partial charge >= 0.3 is 8.03 Å². The molecule has 0 aromatic heterocycles. The lowest BCUT2D eigenvalue weighted by atomic mass is 9.99. The third kappa shape index (κ3) is 3.12. The lowest BCUT2D eigenvalue weighted by molar-refractivity contribution is 0.340. The summed E-state index contributed by atoms with van der Waals surface area (Å²) in [4.78, 5) is 0. The standard InChI is InChI=1S/C12H18O2P/c1-3-5-9-12(15(13)14-4-2)10-7-6-8-11-12/h5-10H,3-4,11H2,1-2H3/q+1. The summed E-state index contributed by atoms with van der Waals surface area (Å²) in [6.45, 7) is 4.43. The lowest BCUT2D eigenvalue weighted by Gasteiger charge is -2.14. The first-order valence-corrected chi connectivity index (χ1v) is 6.55. The Balaban J connectivity index is 2.86. The molecule has 0 aliphatic heterocycles. The smallest absolute Gasteiger partial charge is 0.146 e. The van der Waals surface area contributed by atoms with Crippen molar-refractivity contribution in [1.82, 2.24) is 0 Å². The van der Waals surface area contributed by atoms with Crippen molar-refractivity contribution in [3.8, 4) is 0 Å². The Hall–Kier alpha value is -0.720. The van der Waals surface area contributed by atoms with Crippen LogP contribution in [0.25, 0.3) is 0 Å². The highest BCUT2D eigenvalue weighted by atomic mass is 31.1. The average Bonchev–Trinajstić information content (AvgIpc) is 2.28. The third-order valence-electron chi connectivity index (χ3n) is 2.31. The monoisotopic (exact) mass is 225 g/mol. The van der Waals surface area contributed by atoms with Crippen molar-refractivity contribution in [1.29, 1.82) is 0 Å². The molecule has 3 heteroatoms. The highest BCUT2D eigenvalue weighted by Crippen LogP contribution is 2.46. The second-order valence-corrected chi connectivity index (χ2v) is 5.07. The van der Waals surface area contributed by atoms with Crippen LogP contribution in [0.5, 0.6) is 0 Å². The van der Waals surface area contributed by atoms with Gasteiger partial charge in [-0.15, -0.1) is 4.52 Å². The SMILES string of the molecule is CCC=CC1([P+](=O)OCC)C=CC=CC1. The van der Waals surface area contributed by atoms with Crippen molar-refractivity contribution < 1.29 is 9.09 Å². The first-order valence-electron chi connectivity index (χ1n) is 5.37. The van der Waals surface area contributed by atoms with Crippen molar-refractivity contribution in [2.24, 2.45) is 0 Å². The fourth-order valence-electron chi connectivity index (χ4n) is 1.50. The molecule has 0 radical (unpaired) electrons. The molecule has 2 atom stereocenters. The zero-order valence-electron chi connectivity index (χ0n) is 9.35. The highest BCUT2D eigenvalue weighted by molar-refractivity contribution is 7.41. The van der Waals surface area contributed by atoms with Crippen molar-refractivity contribution in [2.45, 2.75) is 31.8 Å². The Kier molecular flexibility index (Phi) is 4.93. The molecular formula is C12H18O2P+. The van der Waals surface area contributed by atoms with Gasteiger partial charge < -0.3 is 0 Å². The molecule has 15 heavy (non-hydrogen) atoms. The van der Waals surface area contributed by atoms with Crippen LogP contribution in [0.4, 0.5) is 0 Å². The fourth-order valence-corrected chi connectivity index (χ4v) is 2.67. The van der Waals surface area contributed by atoms with Crippen molar-refractivity contribution in [3.63, 3.8) is 0 Å². The Bertz CT molecular complexity index is 305. The molecule has 0 bridgehead atoms. The van der Waals surface area contributed by atoms with Gasteiger partial charge in [0, 0.05) is 6.42 Å². The summed E-state index contributed by atoms with van der Waals surface area (Å²) in [5.41, 5.74) is 0. The number of hydrogen-bond acceptors (Lipinski definition) is 2. The van der Waals surface area contributed by atoms with E-state index in [-0.39, 0.29) is 0 Å². The summed E-state index contributed by atoms with van der Waals surface area (Å²) in [7, 11) is -1.67. The Morgan fingerprint density at radius 2 is 2.27 bits per heavy atom. The third-order valence-corrected chi connectivity index (χ3v) is 3.96. The highest BCUT2D eigenvalue weighted by Gasteiger charge is 2.46. The van der Waals surface area contributed by atoms with E-state index in [1.165, 1.54) is 0 Å². The molecule has 0 saturated heterocycles. The van der Waals surface area contributed by atoms with Crippen molar-refractivity contribution >= 4 is 8.03 Å². The second kappa shape index (κ2) is 5.99. The van der Waals surface area contributed by atoms with E-state index in [0.717, 1.165) is 12.8 Å². The minimum Gasteiger partial charge on any atom is -0.146 e. The van der Waals surface area contributed by atoms with Crippen LogP contribution < -0.4 is 0 Å². The predicted octanol–water partition coefficient (Wildman–Crippen LogP) is 3.99. The van der Waals surface area contributed by atoms with Crippen LogP contribution >= 0.6 is 8.03 Å². The van der Waals surface area contributed by atoms with E-state index in [1.807, 2.05) is 37.3 Å². The van der Waals surface area contributed by atoms with Crippen LogP contribution in [0, 0.1) is 0 Å². The molecule has 2 unspecified atom stereocenters. The molecule has 0 spiro atoms. The van der Waals surface area contributed by atoms with Gasteiger partial charge in [0.2, 0.25) is 5.16 Å². The maximum Gasteiger partial charge on any atom is 0.523 e. The summed E-state index contributed by atoms with van der Waals surface area (Å²) in [5, 5.41) is -0.421. The summed E-state index contributed by atoms with van der Waals surface area (Å²) in [6.07, 6.45) is 13.7. The number of hydrogen-bond donors (Lipinski definition) is 0. The molecule has 2 nitrogen and oxygen atoms in total. The van der Waals surface area contributed by atoms with E-state index in [1.54, 1.807) is 0 Å². The zero-order chi connectivity index (χ0) is 11.1. The van der Waals surface area contributed by atoms with Crippen LogP contribution in [-0.4, -0.2) is 11.8 Å². The van der Waals surface area contributed by atoms with Crippen molar-refractivity contribution in [3.05, 3.63) is 36.5 Å².